The maximum atomic E-state index is 11.6. The lowest BCUT2D eigenvalue weighted by molar-refractivity contribution is -0.146. The van der Waals surface area contributed by atoms with Crippen LogP contribution in [0.2, 0.25) is 0 Å². The number of esters is 1. The first-order valence-corrected chi connectivity index (χ1v) is 6.12. The van der Waals surface area contributed by atoms with E-state index in [0.29, 0.717) is 6.42 Å². The fourth-order valence-corrected chi connectivity index (χ4v) is 2.06. The van der Waals surface area contributed by atoms with E-state index in [2.05, 4.69) is 0 Å². The predicted molar refractivity (Wildman–Crippen MR) is 74.1 cm³/mol. The van der Waals surface area contributed by atoms with Crippen LogP contribution in [0.5, 0.6) is 0 Å². The molecule has 2 N–H and O–H groups in total. The summed E-state index contributed by atoms with van der Waals surface area (Å²) >= 11 is 0. The first-order chi connectivity index (χ1) is 9.03. The van der Waals surface area contributed by atoms with E-state index in [-0.39, 0.29) is 0 Å². The van der Waals surface area contributed by atoms with Crippen molar-refractivity contribution in [3.63, 3.8) is 0 Å². The zero-order valence-corrected chi connectivity index (χ0v) is 11.2. The third-order valence-electron chi connectivity index (χ3n) is 3.04. The SMILES string of the molecule is COC(=O)[C@@](C)(N)Cc1cccc(-n2cccc2)c1. The molecule has 0 aliphatic rings. The summed E-state index contributed by atoms with van der Waals surface area (Å²) in [6, 6.07) is 11.9. The molecule has 0 fully saturated rings. The fourth-order valence-electron chi connectivity index (χ4n) is 2.06. The summed E-state index contributed by atoms with van der Waals surface area (Å²) in [6.45, 7) is 1.68. The van der Waals surface area contributed by atoms with Gasteiger partial charge in [0.25, 0.3) is 0 Å². The highest BCUT2D eigenvalue weighted by molar-refractivity contribution is 5.80. The second-order valence-electron chi connectivity index (χ2n) is 4.85. The van der Waals surface area contributed by atoms with Gasteiger partial charge in [-0.1, -0.05) is 12.1 Å². The predicted octanol–water partition coefficient (Wildman–Crippen LogP) is 1.91. The molecule has 0 unspecified atom stereocenters. The number of benzene rings is 1. The van der Waals surface area contributed by atoms with E-state index in [1.165, 1.54) is 7.11 Å². The first kappa shape index (κ1) is 13.4. The van der Waals surface area contributed by atoms with Crippen LogP contribution in [-0.4, -0.2) is 23.2 Å². The molecule has 2 rings (SSSR count). The normalized spacial score (nSPS) is 13.8. The average molecular weight is 258 g/mol. The van der Waals surface area contributed by atoms with E-state index >= 15 is 0 Å². The Morgan fingerprint density at radius 1 is 1.32 bits per heavy atom. The molecule has 1 aromatic heterocycles. The number of ether oxygens (including phenoxy) is 1. The number of carbonyl (C=O) groups is 1. The van der Waals surface area contributed by atoms with Crippen molar-refractivity contribution in [1.82, 2.24) is 4.57 Å². The number of nitrogens with two attached hydrogens (primary N) is 1. The monoisotopic (exact) mass is 258 g/mol. The molecule has 19 heavy (non-hydrogen) atoms. The van der Waals surface area contributed by atoms with Crippen LogP contribution in [0, 0.1) is 0 Å². The van der Waals surface area contributed by atoms with Gasteiger partial charge in [-0.05, 0) is 36.8 Å². The molecule has 1 atom stereocenters. The Morgan fingerprint density at radius 2 is 2.00 bits per heavy atom. The van der Waals surface area contributed by atoms with Gasteiger partial charge in [-0.2, -0.15) is 0 Å². The molecule has 0 bridgehead atoms. The molecule has 1 heterocycles. The number of hydrogen-bond donors (Lipinski definition) is 1. The third-order valence-corrected chi connectivity index (χ3v) is 3.04. The zero-order chi connectivity index (χ0) is 13.9. The Kier molecular flexibility index (Phi) is 3.71. The quantitative estimate of drug-likeness (QED) is 0.852. The minimum atomic E-state index is -1.01. The lowest BCUT2D eigenvalue weighted by Gasteiger charge is -2.21. The Hall–Kier alpha value is -2.07. The van der Waals surface area contributed by atoms with Crippen LogP contribution in [0.25, 0.3) is 5.69 Å². The summed E-state index contributed by atoms with van der Waals surface area (Å²) in [5, 5.41) is 0. The topological polar surface area (TPSA) is 57.2 Å². The number of methoxy groups -OCH3 is 1. The number of hydrogen-bond acceptors (Lipinski definition) is 3. The Balaban J connectivity index is 2.23. The molecule has 100 valence electrons. The molecule has 0 aliphatic heterocycles. The number of nitrogens with zero attached hydrogens (tertiary/aromatic N) is 1. The van der Waals surface area contributed by atoms with Gasteiger partial charge in [0.2, 0.25) is 0 Å². The third kappa shape index (κ3) is 3.03. The van der Waals surface area contributed by atoms with Crippen molar-refractivity contribution in [2.24, 2.45) is 5.73 Å². The summed E-state index contributed by atoms with van der Waals surface area (Å²) in [5.74, 6) is -0.404. The van der Waals surface area contributed by atoms with Crippen molar-refractivity contribution in [3.05, 3.63) is 54.4 Å². The van der Waals surface area contributed by atoms with Gasteiger partial charge in [0.1, 0.15) is 5.54 Å². The zero-order valence-electron chi connectivity index (χ0n) is 11.2. The van der Waals surface area contributed by atoms with Crippen molar-refractivity contribution < 1.29 is 9.53 Å². The lowest BCUT2D eigenvalue weighted by Crippen LogP contribution is -2.47. The van der Waals surface area contributed by atoms with Gasteiger partial charge in [-0.15, -0.1) is 0 Å². The minimum absolute atomic E-state index is 0.404. The largest absolute Gasteiger partial charge is 0.468 e. The summed E-state index contributed by atoms with van der Waals surface area (Å²) in [5.41, 5.74) is 7.03. The molecule has 0 radical (unpaired) electrons. The number of carbonyl (C=O) groups excluding carboxylic acids is 1. The van der Waals surface area contributed by atoms with Gasteiger partial charge in [-0.3, -0.25) is 4.79 Å². The summed E-state index contributed by atoms with van der Waals surface area (Å²) in [4.78, 5) is 11.6. The minimum Gasteiger partial charge on any atom is -0.468 e. The van der Waals surface area contributed by atoms with Gasteiger partial charge in [-0.25, -0.2) is 0 Å². The summed E-state index contributed by atoms with van der Waals surface area (Å²) in [6.07, 6.45) is 4.39. The van der Waals surface area contributed by atoms with Crippen molar-refractivity contribution in [1.29, 1.82) is 0 Å². The second-order valence-corrected chi connectivity index (χ2v) is 4.85. The Morgan fingerprint density at radius 3 is 2.63 bits per heavy atom. The molecule has 1 aromatic carbocycles. The smallest absolute Gasteiger partial charge is 0.325 e. The maximum Gasteiger partial charge on any atom is 0.325 e. The molecule has 0 aliphatic carbocycles. The van der Waals surface area contributed by atoms with Crippen LogP contribution in [0.15, 0.2) is 48.8 Å². The lowest BCUT2D eigenvalue weighted by atomic mass is 9.94. The second kappa shape index (κ2) is 5.28. The Labute approximate surface area is 112 Å². The highest BCUT2D eigenvalue weighted by atomic mass is 16.5. The molecule has 0 amide bonds. The van der Waals surface area contributed by atoms with Crippen molar-refractivity contribution in [2.75, 3.05) is 7.11 Å². The van der Waals surface area contributed by atoms with E-state index in [1.807, 2.05) is 53.4 Å². The number of rotatable bonds is 4. The van der Waals surface area contributed by atoms with E-state index in [1.54, 1.807) is 6.92 Å². The average Bonchev–Trinajstić information content (AvgIpc) is 2.91. The molecule has 0 saturated heterocycles. The van der Waals surface area contributed by atoms with Crippen LogP contribution < -0.4 is 5.73 Å². The number of aromatic nitrogens is 1. The molecular weight excluding hydrogens is 240 g/mol. The van der Waals surface area contributed by atoms with Gasteiger partial charge in [0.15, 0.2) is 0 Å². The molecule has 2 aromatic rings. The van der Waals surface area contributed by atoms with E-state index in [9.17, 15) is 4.79 Å². The summed E-state index contributed by atoms with van der Waals surface area (Å²) in [7, 11) is 1.35. The van der Waals surface area contributed by atoms with Crippen molar-refractivity contribution >= 4 is 5.97 Å². The van der Waals surface area contributed by atoms with Gasteiger partial charge in [0, 0.05) is 24.5 Å². The highest BCUT2D eigenvalue weighted by Crippen LogP contribution is 2.16. The first-order valence-electron chi connectivity index (χ1n) is 6.12. The molecule has 4 heteroatoms. The molecular formula is C15H18N2O2. The van der Waals surface area contributed by atoms with Crippen LogP contribution >= 0.6 is 0 Å². The van der Waals surface area contributed by atoms with Gasteiger partial charge < -0.3 is 15.0 Å². The summed E-state index contributed by atoms with van der Waals surface area (Å²) < 4.78 is 6.73. The van der Waals surface area contributed by atoms with Crippen LogP contribution in [0.4, 0.5) is 0 Å². The maximum absolute atomic E-state index is 11.6. The molecule has 4 nitrogen and oxygen atoms in total. The fraction of sp³-hybridized carbons (Fsp3) is 0.267. The van der Waals surface area contributed by atoms with Crippen LogP contribution in [-0.2, 0) is 16.0 Å². The van der Waals surface area contributed by atoms with E-state index in [4.69, 9.17) is 10.5 Å². The van der Waals surface area contributed by atoms with Crippen LogP contribution in [0.3, 0.4) is 0 Å². The van der Waals surface area contributed by atoms with E-state index in [0.717, 1.165) is 11.3 Å². The van der Waals surface area contributed by atoms with E-state index < -0.39 is 11.5 Å². The standard InChI is InChI=1S/C15H18N2O2/c1-15(16,14(18)19-2)11-12-6-5-7-13(10-12)17-8-3-4-9-17/h3-10H,11,16H2,1-2H3/t15-/m0/s1. The molecule has 0 saturated carbocycles. The molecule has 0 spiro atoms. The van der Waals surface area contributed by atoms with Crippen molar-refractivity contribution in [2.45, 2.75) is 18.9 Å². The van der Waals surface area contributed by atoms with Crippen LogP contribution in [0.1, 0.15) is 12.5 Å². The highest BCUT2D eigenvalue weighted by Gasteiger charge is 2.29. The van der Waals surface area contributed by atoms with Gasteiger partial charge >= 0.3 is 5.97 Å². The Bertz CT molecular complexity index is 559. The van der Waals surface area contributed by atoms with Crippen molar-refractivity contribution in [3.8, 4) is 5.69 Å². The van der Waals surface area contributed by atoms with Gasteiger partial charge in [0.05, 0.1) is 7.11 Å².